The van der Waals surface area contributed by atoms with E-state index in [0.717, 1.165) is 39.1 Å². The van der Waals surface area contributed by atoms with Gasteiger partial charge in [0.2, 0.25) is 5.91 Å². The summed E-state index contributed by atoms with van der Waals surface area (Å²) in [5, 5.41) is 5.73. The van der Waals surface area contributed by atoms with Crippen LogP contribution in [0.1, 0.15) is 36.3 Å². The molecule has 3 rings (SSSR count). The van der Waals surface area contributed by atoms with E-state index < -0.39 is 12.1 Å². The second-order valence-electron chi connectivity index (χ2n) is 6.86. The molecule has 0 unspecified atom stereocenters. The number of carbonyl (C=O) groups is 2. The van der Waals surface area contributed by atoms with Crippen molar-refractivity contribution in [2.24, 2.45) is 5.73 Å². The minimum absolute atomic E-state index is 0.0649. The van der Waals surface area contributed by atoms with Gasteiger partial charge in [-0.2, -0.15) is 11.8 Å². The van der Waals surface area contributed by atoms with Crippen molar-refractivity contribution < 1.29 is 9.59 Å². The Labute approximate surface area is 187 Å². The topological polar surface area (TPSA) is 113 Å². The minimum atomic E-state index is -0.677. The van der Waals surface area contributed by atoms with Crippen LogP contribution in [0, 0.1) is 0 Å². The Morgan fingerprint density at radius 3 is 2.67 bits per heavy atom. The number of primary amides is 1. The zero-order valence-electron chi connectivity index (χ0n) is 16.5. The fourth-order valence-corrected chi connectivity index (χ4v) is 4.12. The van der Waals surface area contributed by atoms with E-state index in [9.17, 15) is 9.59 Å². The predicted octanol–water partition coefficient (Wildman–Crippen LogP) is 4.04. The summed E-state index contributed by atoms with van der Waals surface area (Å²) in [6.07, 6.45) is 2.82. The molecular formula is C21H24BrN5O2S. The van der Waals surface area contributed by atoms with Crippen molar-refractivity contribution >= 4 is 50.7 Å². The van der Waals surface area contributed by atoms with Crippen LogP contribution in [0.3, 0.4) is 0 Å². The Morgan fingerprint density at radius 2 is 1.97 bits per heavy atom. The summed E-state index contributed by atoms with van der Waals surface area (Å²) in [6.45, 7) is 0. The van der Waals surface area contributed by atoms with Gasteiger partial charge in [0.25, 0.3) is 0 Å². The molecule has 0 saturated carbocycles. The normalized spacial score (nSPS) is 13.0. The molecule has 3 aromatic rings. The number of nitrogens with two attached hydrogens (primary N) is 1. The molecule has 158 valence electrons. The van der Waals surface area contributed by atoms with Crippen molar-refractivity contribution in [1.82, 2.24) is 20.6 Å². The van der Waals surface area contributed by atoms with E-state index in [2.05, 4.69) is 36.5 Å². The van der Waals surface area contributed by atoms with E-state index in [1.165, 1.54) is 0 Å². The second kappa shape index (κ2) is 10.5. The number of nitrogens with zero attached hydrogens (tertiary/aromatic N) is 1. The molecule has 7 nitrogen and oxygen atoms in total. The SMILES string of the molecule is CSCC[C@@H](NC(=O)C[C@H](NC(N)=O)c1cccc(Br)c1)c1nc2ccccc2[nH]1. The number of para-hydroxylation sites is 2. The first-order chi connectivity index (χ1) is 14.5. The van der Waals surface area contributed by atoms with Crippen molar-refractivity contribution in [3.63, 3.8) is 0 Å². The molecule has 0 aliphatic rings. The van der Waals surface area contributed by atoms with E-state index in [0.29, 0.717) is 0 Å². The number of benzene rings is 2. The molecule has 0 fully saturated rings. The standard InChI is InChI=1S/C21H24BrN5O2S/c1-30-10-9-17(20-25-15-7-2-3-8-16(15)26-20)24-19(28)12-18(27-21(23)29)13-5-4-6-14(22)11-13/h2-8,11,17-18H,9-10,12H2,1H3,(H,24,28)(H,25,26)(H3,23,27,29)/t17-,18+/m1/s1. The Bertz CT molecular complexity index is 992. The number of hydrogen-bond donors (Lipinski definition) is 4. The first-order valence-electron chi connectivity index (χ1n) is 9.50. The highest BCUT2D eigenvalue weighted by molar-refractivity contribution is 9.10. The Balaban J connectivity index is 1.77. The van der Waals surface area contributed by atoms with Crippen LogP contribution in [-0.4, -0.2) is 33.9 Å². The van der Waals surface area contributed by atoms with E-state index in [4.69, 9.17) is 5.73 Å². The predicted molar refractivity (Wildman–Crippen MR) is 124 cm³/mol. The van der Waals surface area contributed by atoms with Crippen molar-refractivity contribution in [2.75, 3.05) is 12.0 Å². The van der Waals surface area contributed by atoms with E-state index in [1.54, 1.807) is 11.8 Å². The largest absolute Gasteiger partial charge is 0.352 e. The third-order valence-electron chi connectivity index (χ3n) is 4.64. The lowest BCUT2D eigenvalue weighted by atomic mass is 10.0. The molecule has 0 aliphatic carbocycles. The molecule has 1 aromatic heterocycles. The van der Waals surface area contributed by atoms with Gasteiger partial charge < -0.3 is 21.4 Å². The summed E-state index contributed by atoms with van der Waals surface area (Å²) < 4.78 is 0.858. The fraction of sp³-hybridized carbons (Fsp3) is 0.286. The molecule has 0 radical (unpaired) electrons. The van der Waals surface area contributed by atoms with Crippen molar-refractivity contribution in [3.8, 4) is 0 Å². The molecule has 3 amide bonds. The number of carbonyl (C=O) groups excluding carboxylic acids is 2. The highest BCUT2D eigenvalue weighted by Crippen LogP contribution is 2.23. The van der Waals surface area contributed by atoms with Gasteiger partial charge in [-0.05, 0) is 48.3 Å². The zero-order chi connectivity index (χ0) is 21.5. The zero-order valence-corrected chi connectivity index (χ0v) is 18.9. The van der Waals surface area contributed by atoms with Crippen LogP contribution in [0.4, 0.5) is 4.79 Å². The van der Waals surface area contributed by atoms with Gasteiger partial charge in [-0.15, -0.1) is 0 Å². The monoisotopic (exact) mass is 489 g/mol. The number of urea groups is 1. The first-order valence-corrected chi connectivity index (χ1v) is 11.7. The number of fused-ring (bicyclic) bond motifs is 1. The summed E-state index contributed by atoms with van der Waals surface area (Å²) >= 11 is 5.13. The lowest BCUT2D eigenvalue weighted by Crippen LogP contribution is -2.37. The number of rotatable bonds is 9. The molecule has 0 aliphatic heterocycles. The molecule has 0 saturated heterocycles. The van der Waals surface area contributed by atoms with E-state index in [1.807, 2.05) is 54.8 Å². The number of halogens is 1. The Hall–Kier alpha value is -2.52. The summed E-state index contributed by atoms with van der Waals surface area (Å²) in [7, 11) is 0. The summed E-state index contributed by atoms with van der Waals surface area (Å²) in [6, 6.07) is 13.7. The third kappa shape index (κ3) is 5.99. The molecule has 5 N–H and O–H groups in total. The molecule has 0 bridgehead atoms. The van der Waals surface area contributed by atoms with Gasteiger partial charge in [0, 0.05) is 4.47 Å². The average Bonchev–Trinajstić information content (AvgIpc) is 3.14. The van der Waals surface area contributed by atoms with Crippen molar-refractivity contribution in [1.29, 1.82) is 0 Å². The second-order valence-corrected chi connectivity index (χ2v) is 8.76. The molecule has 30 heavy (non-hydrogen) atoms. The maximum absolute atomic E-state index is 12.9. The van der Waals surface area contributed by atoms with E-state index in [-0.39, 0.29) is 18.4 Å². The van der Waals surface area contributed by atoms with Gasteiger partial charge in [-0.3, -0.25) is 4.79 Å². The van der Waals surface area contributed by atoms with Crippen molar-refractivity contribution in [2.45, 2.75) is 24.9 Å². The smallest absolute Gasteiger partial charge is 0.312 e. The average molecular weight is 490 g/mol. The number of H-pyrrole nitrogens is 1. The maximum atomic E-state index is 12.9. The van der Waals surface area contributed by atoms with Gasteiger partial charge in [0.05, 0.1) is 29.5 Å². The summed E-state index contributed by atoms with van der Waals surface area (Å²) in [5.74, 6) is 1.40. The molecule has 0 spiro atoms. The summed E-state index contributed by atoms with van der Waals surface area (Å²) in [4.78, 5) is 32.3. The molecule has 2 aromatic carbocycles. The number of thioether (sulfide) groups is 1. The number of imidazole rings is 1. The number of nitrogens with one attached hydrogen (secondary N) is 3. The Kier molecular flexibility index (Phi) is 7.75. The molecule has 1 heterocycles. The fourth-order valence-electron chi connectivity index (χ4n) is 3.24. The molecule has 9 heteroatoms. The first kappa shape index (κ1) is 22.2. The molecule has 2 atom stereocenters. The van der Waals surface area contributed by atoms with Gasteiger partial charge >= 0.3 is 6.03 Å². The quantitative estimate of drug-likeness (QED) is 0.363. The van der Waals surface area contributed by atoms with Gasteiger partial charge in [-0.1, -0.05) is 40.2 Å². The highest BCUT2D eigenvalue weighted by Gasteiger charge is 2.22. The van der Waals surface area contributed by atoms with Crippen LogP contribution < -0.4 is 16.4 Å². The van der Waals surface area contributed by atoms with Crippen LogP contribution in [0.25, 0.3) is 11.0 Å². The van der Waals surface area contributed by atoms with Crippen molar-refractivity contribution in [3.05, 3.63) is 64.4 Å². The maximum Gasteiger partial charge on any atom is 0.312 e. The van der Waals surface area contributed by atoms with Crippen LogP contribution in [0.5, 0.6) is 0 Å². The summed E-state index contributed by atoms with van der Waals surface area (Å²) in [5.41, 5.74) is 7.92. The van der Waals surface area contributed by atoms with Crippen LogP contribution in [0.15, 0.2) is 53.0 Å². The van der Waals surface area contributed by atoms with Crippen LogP contribution in [0.2, 0.25) is 0 Å². The molecular weight excluding hydrogens is 466 g/mol. The van der Waals surface area contributed by atoms with E-state index >= 15 is 0 Å². The Morgan fingerprint density at radius 1 is 1.17 bits per heavy atom. The van der Waals surface area contributed by atoms with Crippen LogP contribution >= 0.6 is 27.7 Å². The van der Waals surface area contributed by atoms with Crippen LogP contribution in [-0.2, 0) is 4.79 Å². The lowest BCUT2D eigenvalue weighted by Gasteiger charge is -2.21. The highest BCUT2D eigenvalue weighted by atomic mass is 79.9. The number of aromatic nitrogens is 2. The number of hydrogen-bond acceptors (Lipinski definition) is 4. The van der Waals surface area contributed by atoms with Gasteiger partial charge in [0.15, 0.2) is 0 Å². The number of aromatic amines is 1. The lowest BCUT2D eigenvalue weighted by molar-refractivity contribution is -0.122. The third-order valence-corrected chi connectivity index (χ3v) is 5.78. The minimum Gasteiger partial charge on any atom is -0.352 e. The van der Waals surface area contributed by atoms with Gasteiger partial charge in [-0.25, -0.2) is 9.78 Å². The van der Waals surface area contributed by atoms with Gasteiger partial charge in [0.1, 0.15) is 5.82 Å². The number of amides is 3.